The summed E-state index contributed by atoms with van der Waals surface area (Å²) in [7, 11) is 0. The number of esters is 1. The SMILES string of the molecule is O=C(Oc1ccc(-c2ccccc2)cc1Br)c1ccc([N+](=O)[O-])cc1. The maximum Gasteiger partial charge on any atom is 0.343 e. The van der Waals surface area contributed by atoms with Crippen molar-refractivity contribution >= 4 is 27.6 Å². The summed E-state index contributed by atoms with van der Waals surface area (Å²) in [5.41, 5.74) is 2.20. The number of carbonyl (C=O) groups is 1. The average Bonchev–Trinajstić information content (AvgIpc) is 2.64. The zero-order valence-corrected chi connectivity index (χ0v) is 14.5. The van der Waals surface area contributed by atoms with Gasteiger partial charge in [-0.15, -0.1) is 0 Å². The van der Waals surface area contributed by atoms with Gasteiger partial charge in [-0.25, -0.2) is 4.79 Å². The molecule has 0 aliphatic rings. The molecular formula is C19H12BrNO4. The van der Waals surface area contributed by atoms with Gasteiger partial charge in [-0.3, -0.25) is 10.1 Å². The van der Waals surface area contributed by atoms with Gasteiger partial charge in [0.15, 0.2) is 0 Å². The highest BCUT2D eigenvalue weighted by molar-refractivity contribution is 9.10. The van der Waals surface area contributed by atoms with Gasteiger partial charge in [0.25, 0.3) is 5.69 Å². The summed E-state index contributed by atoms with van der Waals surface area (Å²) in [5, 5.41) is 10.6. The second-order valence-corrected chi connectivity index (χ2v) is 6.06. The van der Waals surface area contributed by atoms with E-state index >= 15 is 0 Å². The van der Waals surface area contributed by atoms with Crippen molar-refractivity contribution in [2.45, 2.75) is 0 Å². The Hall–Kier alpha value is -2.99. The largest absolute Gasteiger partial charge is 0.422 e. The molecule has 0 aliphatic heterocycles. The second kappa shape index (κ2) is 7.27. The summed E-state index contributed by atoms with van der Waals surface area (Å²) < 4.78 is 6.01. The minimum Gasteiger partial charge on any atom is -0.422 e. The van der Waals surface area contributed by atoms with Gasteiger partial charge in [0.2, 0.25) is 0 Å². The molecular weight excluding hydrogens is 386 g/mol. The minimum atomic E-state index is -0.581. The maximum atomic E-state index is 12.2. The van der Waals surface area contributed by atoms with Crippen molar-refractivity contribution < 1.29 is 14.5 Å². The first kappa shape index (κ1) is 16.9. The zero-order valence-electron chi connectivity index (χ0n) is 12.9. The van der Waals surface area contributed by atoms with E-state index in [-0.39, 0.29) is 11.3 Å². The molecule has 0 heterocycles. The van der Waals surface area contributed by atoms with Gasteiger partial charge < -0.3 is 4.74 Å². The fourth-order valence-electron chi connectivity index (χ4n) is 2.27. The van der Waals surface area contributed by atoms with Crippen LogP contribution < -0.4 is 4.74 Å². The van der Waals surface area contributed by atoms with Gasteiger partial charge in [-0.1, -0.05) is 36.4 Å². The summed E-state index contributed by atoms with van der Waals surface area (Å²) in [6.07, 6.45) is 0. The highest BCUT2D eigenvalue weighted by Crippen LogP contribution is 2.31. The van der Waals surface area contributed by atoms with E-state index in [4.69, 9.17) is 4.74 Å². The molecule has 0 unspecified atom stereocenters. The number of halogens is 1. The molecule has 0 fully saturated rings. The zero-order chi connectivity index (χ0) is 17.8. The number of rotatable bonds is 4. The van der Waals surface area contributed by atoms with Crippen LogP contribution >= 0.6 is 15.9 Å². The van der Waals surface area contributed by atoms with E-state index in [1.165, 1.54) is 24.3 Å². The first-order chi connectivity index (χ1) is 12.0. The van der Waals surface area contributed by atoms with Crippen LogP contribution in [0.3, 0.4) is 0 Å². The topological polar surface area (TPSA) is 69.4 Å². The predicted octanol–water partition coefficient (Wildman–Crippen LogP) is 5.24. The Morgan fingerprint density at radius 3 is 2.20 bits per heavy atom. The number of hydrogen-bond acceptors (Lipinski definition) is 4. The van der Waals surface area contributed by atoms with Crippen LogP contribution in [-0.2, 0) is 0 Å². The highest BCUT2D eigenvalue weighted by atomic mass is 79.9. The first-order valence-electron chi connectivity index (χ1n) is 7.36. The number of ether oxygens (including phenoxy) is 1. The van der Waals surface area contributed by atoms with Gasteiger partial charge in [0, 0.05) is 12.1 Å². The predicted molar refractivity (Wildman–Crippen MR) is 97.6 cm³/mol. The molecule has 0 saturated heterocycles. The molecule has 3 aromatic rings. The van der Waals surface area contributed by atoms with E-state index in [0.29, 0.717) is 10.2 Å². The monoisotopic (exact) mass is 397 g/mol. The Bertz CT molecular complexity index is 924. The van der Waals surface area contributed by atoms with Crippen molar-refractivity contribution in [2.24, 2.45) is 0 Å². The van der Waals surface area contributed by atoms with Crippen LogP contribution in [0.2, 0.25) is 0 Å². The van der Waals surface area contributed by atoms with Gasteiger partial charge >= 0.3 is 5.97 Å². The van der Waals surface area contributed by atoms with Crippen molar-refractivity contribution in [3.05, 3.63) is 92.9 Å². The van der Waals surface area contributed by atoms with Crippen molar-refractivity contribution in [3.63, 3.8) is 0 Å². The summed E-state index contributed by atoms with van der Waals surface area (Å²) in [6, 6.07) is 20.5. The molecule has 0 aliphatic carbocycles. The molecule has 0 bridgehead atoms. The molecule has 0 atom stereocenters. The van der Waals surface area contributed by atoms with E-state index in [0.717, 1.165) is 11.1 Å². The van der Waals surface area contributed by atoms with Crippen LogP contribution in [-0.4, -0.2) is 10.9 Å². The van der Waals surface area contributed by atoms with E-state index in [2.05, 4.69) is 15.9 Å². The normalized spacial score (nSPS) is 10.3. The maximum absolute atomic E-state index is 12.2. The van der Waals surface area contributed by atoms with Crippen LogP contribution in [0.25, 0.3) is 11.1 Å². The molecule has 0 N–H and O–H groups in total. The molecule has 124 valence electrons. The number of non-ortho nitro benzene ring substituents is 1. The highest BCUT2D eigenvalue weighted by Gasteiger charge is 2.13. The fraction of sp³-hybridized carbons (Fsp3) is 0. The Morgan fingerprint density at radius 2 is 1.60 bits per heavy atom. The molecule has 6 heteroatoms. The third-order valence-corrected chi connectivity index (χ3v) is 4.18. The summed E-state index contributed by atoms with van der Waals surface area (Å²) >= 11 is 3.41. The molecule has 3 aromatic carbocycles. The molecule has 0 saturated carbocycles. The Kier molecular flexibility index (Phi) is 4.90. The third kappa shape index (κ3) is 3.92. The van der Waals surface area contributed by atoms with E-state index < -0.39 is 10.9 Å². The lowest BCUT2D eigenvalue weighted by atomic mass is 10.1. The van der Waals surface area contributed by atoms with Crippen molar-refractivity contribution in [2.75, 3.05) is 0 Å². The van der Waals surface area contributed by atoms with Crippen LogP contribution in [0, 0.1) is 10.1 Å². The Morgan fingerprint density at radius 1 is 0.920 bits per heavy atom. The lowest BCUT2D eigenvalue weighted by Gasteiger charge is -2.09. The molecule has 0 spiro atoms. The van der Waals surface area contributed by atoms with E-state index in [1.54, 1.807) is 6.07 Å². The number of nitro groups is 1. The number of hydrogen-bond donors (Lipinski definition) is 0. The molecule has 3 rings (SSSR count). The van der Waals surface area contributed by atoms with Crippen molar-refractivity contribution in [3.8, 4) is 16.9 Å². The summed E-state index contributed by atoms with van der Waals surface area (Å²) in [4.78, 5) is 22.3. The van der Waals surface area contributed by atoms with Crippen LogP contribution in [0.5, 0.6) is 5.75 Å². The lowest BCUT2D eigenvalue weighted by Crippen LogP contribution is -2.08. The van der Waals surface area contributed by atoms with Gasteiger partial charge in [-0.2, -0.15) is 0 Å². The lowest BCUT2D eigenvalue weighted by molar-refractivity contribution is -0.384. The first-order valence-corrected chi connectivity index (χ1v) is 8.15. The molecule has 0 aromatic heterocycles. The molecule has 0 amide bonds. The third-order valence-electron chi connectivity index (χ3n) is 3.56. The van der Waals surface area contributed by atoms with Gasteiger partial charge in [0.1, 0.15) is 5.75 Å². The van der Waals surface area contributed by atoms with Crippen molar-refractivity contribution in [1.29, 1.82) is 0 Å². The molecule has 5 nitrogen and oxygen atoms in total. The summed E-state index contributed by atoms with van der Waals surface area (Å²) in [5.74, 6) is -0.203. The van der Waals surface area contributed by atoms with E-state index in [9.17, 15) is 14.9 Å². The standard InChI is InChI=1S/C19H12BrNO4/c20-17-12-15(13-4-2-1-3-5-13)8-11-18(17)25-19(22)14-6-9-16(10-7-14)21(23)24/h1-12H. The summed E-state index contributed by atoms with van der Waals surface area (Å²) in [6.45, 7) is 0. The number of nitro benzene ring substituents is 1. The quantitative estimate of drug-likeness (QED) is 0.261. The number of benzene rings is 3. The molecule has 0 radical (unpaired) electrons. The van der Waals surface area contributed by atoms with Gasteiger partial charge in [0.05, 0.1) is 15.0 Å². The van der Waals surface area contributed by atoms with E-state index in [1.807, 2.05) is 42.5 Å². The molecule has 25 heavy (non-hydrogen) atoms. The Labute approximate surface area is 152 Å². The Balaban J connectivity index is 1.78. The minimum absolute atomic E-state index is 0.0788. The van der Waals surface area contributed by atoms with Gasteiger partial charge in [-0.05, 0) is 51.3 Å². The second-order valence-electron chi connectivity index (χ2n) is 5.20. The van der Waals surface area contributed by atoms with Crippen LogP contribution in [0.4, 0.5) is 5.69 Å². The van der Waals surface area contributed by atoms with Crippen molar-refractivity contribution in [1.82, 2.24) is 0 Å². The van der Waals surface area contributed by atoms with Crippen LogP contribution in [0.1, 0.15) is 10.4 Å². The smallest absolute Gasteiger partial charge is 0.343 e. The fourth-order valence-corrected chi connectivity index (χ4v) is 2.73. The average molecular weight is 398 g/mol. The number of nitrogens with zero attached hydrogens (tertiary/aromatic N) is 1. The van der Waals surface area contributed by atoms with Crippen LogP contribution in [0.15, 0.2) is 77.3 Å². The number of carbonyl (C=O) groups excluding carboxylic acids is 1.